The van der Waals surface area contributed by atoms with Gasteiger partial charge < -0.3 is 0 Å². The summed E-state index contributed by atoms with van der Waals surface area (Å²) in [6.07, 6.45) is 10.4. The quantitative estimate of drug-likeness (QED) is 0.697. The number of Topliss-reactive ketones (excluding diaryl/α,β-unsaturated/α-hetero) is 1. The molecule has 2 heteroatoms. The molecule has 0 aromatic carbocycles. The van der Waals surface area contributed by atoms with Gasteiger partial charge in [-0.3, -0.25) is 9.69 Å². The average molecular weight is 209 g/mol. The Morgan fingerprint density at radius 1 is 1.00 bits per heavy atom. The van der Waals surface area contributed by atoms with Crippen LogP contribution >= 0.6 is 0 Å². The molecule has 1 unspecified atom stereocenters. The number of rotatable bonds is 2. The van der Waals surface area contributed by atoms with Crippen molar-refractivity contribution < 1.29 is 4.79 Å². The van der Waals surface area contributed by atoms with Crippen molar-refractivity contribution in [2.75, 3.05) is 6.54 Å². The Morgan fingerprint density at radius 2 is 1.67 bits per heavy atom. The molecule has 0 radical (unpaired) electrons. The highest BCUT2D eigenvalue weighted by Gasteiger charge is 2.31. The van der Waals surface area contributed by atoms with Crippen LogP contribution < -0.4 is 0 Å². The number of hydrogen-bond acceptors (Lipinski definition) is 2. The van der Waals surface area contributed by atoms with Crippen molar-refractivity contribution >= 4 is 5.78 Å². The van der Waals surface area contributed by atoms with Crippen molar-refractivity contribution in [2.24, 2.45) is 0 Å². The Bertz CT molecular complexity index is 221. The minimum Gasteiger partial charge on any atom is -0.298 e. The molecule has 2 rings (SSSR count). The maximum atomic E-state index is 11.6. The van der Waals surface area contributed by atoms with E-state index in [1.165, 1.54) is 44.9 Å². The Morgan fingerprint density at radius 3 is 2.33 bits per heavy atom. The van der Waals surface area contributed by atoms with Crippen molar-refractivity contribution in [2.45, 2.75) is 70.4 Å². The highest BCUT2D eigenvalue weighted by molar-refractivity contribution is 5.81. The Hall–Kier alpha value is -0.370. The standard InChI is InChI=1S/C13H23NO/c1-11(15)13-9-5-6-10-14(13)12-7-3-2-4-8-12/h12-13H,2-10H2,1H3. The van der Waals surface area contributed by atoms with Gasteiger partial charge in [0.25, 0.3) is 0 Å². The van der Waals surface area contributed by atoms with E-state index in [1.807, 2.05) is 0 Å². The van der Waals surface area contributed by atoms with Gasteiger partial charge in [0.2, 0.25) is 0 Å². The van der Waals surface area contributed by atoms with Crippen LogP contribution in [-0.2, 0) is 4.79 Å². The van der Waals surface area contributed by atoms with Gasteiger partial charge in [0.15, 0.2) is 0 Å². The van der Waals surface area contributed by atoms with Gasteiger partial charge in [-0.05, 0) is 39.2 Å². The zero-order valence-corrected chi connectivity index (χ0v) is 9.87. The lowest BCUT2D eigenvalue weighted by Crippen LogP contribution is -2.50. The molecule has 1 saturated carbocycles. The molecule has 2 fully saturated rings. The van der Waals surface area contributed by atoms with Gasteiger partial charge in [-0.1, -0.05) is 25.7 Å². The molecule has 0 bridgehead atoms. The van der Waals surface area contributed by atoms with Crippen molar-refractivity contribution in [1.82, 2.24) is 4.90 Å². The van der Waals surface area contributed by atoms with Gasteiger partial charge in [-0.2, -0.15) is 0 Å². The Labute approximate surface area is 93.0 Å². The van der Waals surface area contributed by atoms with Gasteiger partial charge in [0.05, 0.1) is 6.04 Å². The molecule has 0 aromatic heterocycles. The number of piperidine rings is 1. The highest BCUT2D eigenvalue weighted by atomic mass is 16.1. The van der Waals surface area contributed by atoms with E-state index in [-0.39, 0.29) is 6.04 Å². The maximum Gasteiger partial charge on any atom is 0.146 e. The van der Waals surface area contributed by atoms with E-state index in [1.54, 1.807) is 6.92 Å². The van der Waals surface area contributed by atoms with Crippen LogP contribution in [0.5, 0.6) is 0 Å². The summed E-state index contributed by atoms with van der Waals surface area (Å²) >= 11 is 0. The van der Waals surface area contributed by atoms with Gasteiger partial charge in [0, 0.05) is 6.04 Å². The molecular formula is C13H23NO. The predicted molar refractivity (Wildman–Crippen MR) is 61.9 cm³/mol. The molecule has 0 amide bonds. The van der Waals surface area contributed by atoms with E-state index >= 15 is 0 Å². The lowest BCUT2D eigenvalue weighted by Gasteiger charge is -2.41. The largest absolute Gasteiger partial charge is 0.298 e. The zero-order chi connectivity index (χ0) is 10.7. The van der Waals surface area contributed by atoms with Gasteiger partial charge in [-0.15, -0.1) is 0 Å². The summed E-state index contributed by atoms with van der Waals surface area (Å²) < 4.78 is 0. The number of ketones is 1. The van der Waals surface area contributed by atoms with Crippen LogP contribution in [0.25, 0.3) is 0 Å². The van der Waals surface area contributed by atoms with E-state index in [4.69, 9.17) is 0 Å². The van der Waals surface area contributed by atoms with Crippen LogP contribution in [-0.4, -0.2) is 29.3 Å². The van der Waals surface area contributed by atoms with Crippen LogP contribution in [0.2, 0.25) is 0 Å². The smallest absolute Gasteiger partial charge is 0.146 e. The number of carbonyl (C=O) groups excluding carboxylic acids is 1. The first kappa shape index (κ1) is 11.1. The Kier molecular flexibility index (Phi) is 3.79. The molecule has 0 spiro atoms. The third kappa shape index (κ3) is 2.60. The fourth-order valence-electron chi connectivity index (χ4n) is 3.24. The summed E-state index contributed by atoms with van der Waals surface area (Å²) in [7, 11) is 0. The minimum atomic E-state index is 0.252. The first-order valence-electron chi connectivity index (χ1n) is 6.55. The fourth-order valence-corrected chi connectivity index (χ4v) is 3.24. The molecule has 0 N–H and O–H groups in total. The second-order valence-electron chi connectivity index (χ2n) is 5.15. The van der Waals surface area contributed by atoms with E-state index in [2.05, 4.69) is 4.90 Å². The summed E-state index contributed by atoms with van der Waals surface area (Å²) in [5, 5.41) is 0. The molecule has 1 saturated heterocycles. The van der Waals surface area contributed by atoms with E-state index in [0.717, 1.165) is 13.0 Å². The van der Waals surface area contributed by atoms with Crippen LogP contribution in [0.3, 0.4) is 0 Å². The molecule has 2 nitrogen and oxygen atoms in total. The predicted octanol–water partition coefficient (Wildman–Crippen LogP) is 2.76. The normalized spacial score (nSPS) is 30.3. The van der Waals surface area contributed by atoms with Crippen molar-refractivity contribution in [3.63, 3.8) is 0 Å². The third-order valence-corrected chi connectivity index (χ3v) is 4.06. The van der Waals surface area contributed by atoms with Crippen LogP contribution in [0, 0.1) is 0 Å². The van der Waals surface area contributed by atoms with Gasteiger partial charge in [0.1, 0.15) is 5.78 Å². The van der Waals surface area contributed by atoms with Crippen molar-refractivity contribution in [3.05, 3.63) is 0 Å². The Balaban J connectivity index is 1.99. The molecule has 1 atom stereocenters. The number of carbonyl (C=O) groups is 1. The van der Waals surface area contributed by atoms with E-state index < -0.39 is 0 Å². The molecule has 0 aromatic rings. The summed E-state index contributed by atoms with van der Waals surface area (Å²) in [5.74, 6) is 0.389. The zero-order valence-electron chi connectivity index (χ0n) is 9.87. The molecule has 1 heterocycles. The molecule has 2 aliphatic rings. The van der Waals surface area contributed by atoms with Gasteiger partial charge >= 0.3 is 0 Å². The van der Waals surface area contributed by atoms with Gasteiger partial charge in [-0.25, -0.2) is 0 Å². The minimum absolute atomic E-state index is 0.252. The summed E-state index contributed by atoms with van der Waals surface area (Å²) in [6.45, 7) is 2.93. The first-order valence-corrected chi connectivity index (χ1v) is 6.55. The molecule has 1 aliphatic heterocycles. The number of nitrogens with zero attached hydrogens (tertiary/aromatic N) is 1. The first-order chi connectivity index (χ1) is 7.29. The van der Waals surface area contributed by atoms with Crippen LogP contribution in [0.1, 0.15) is 58.3 Å². The highest BCUT2D eigenvalue weighted by Crippen LogP contribution is 2.28. The lowest BCUT2D eigenvalue weighted by atomic mass is 9.89. The topological polar surface area (TPSA) is 20.3 Å². The molecule has 86 valence electrons. The third-order valence-electron chi connectivity index (χ3n) is 4.06. The average Bonchev–Trinajstić information content (AvgIpc) is 2.30. The molecule has 1 aliphatic carbocycles. The number of likely N-dealkylation sites (tertiary alicyclic amines) is 1. The summed E-state index contributed by atoms with van der Waals surface area (Å²) in [6, 6.07) is 0.967. The van der Waals surface area contributed by atoms with E-state index in [0.29, 0.717) is 11.8 Å². The van der Waals surface area contributed by atoms with Crippen molar-refractivity contribution in [3.8, 4) is 0 Å². The molecular weight excluding hydrogens is 186 g/mol. The lowest BCUT2D eigenvalue weighted by molar-refractivity contribution is -0.124. The second-order valence-corrected chi connectivity index (χ2v) is 5.15. The maximum absolute atomic E-state index is 11.6. The SMILES string of the molecule is CC(=O)C1CCCCN1C1CCCCC1. The summed E-state index contributed by atoms with van der Waals surface area (Å²) in [4.78, 5) is 14.1. The number of hydrogen-bond donors (Lipinski definition) is 0. The van der Waals surface area contributed by atoms with E-state index in [9.17, 15) is 4.79 Å². The second kappa shape index (κ2) is 5.11. The van der Waals surface area contributed by atoms with Crippen molar-refractivity contribution in [1.29, 1.82) is 0 Å². The van der Waals surface area contributed by atoms with Crippen LogP contribution in [0.4, 0.5) is 0 Å². The summed E-state index contributed by atoms with van der Waals surface area (Å²) in [5.41, 5.74) is 0. The molecule has 15 heavy (non-hydrogen) atoms. The fraction of sp³-hybridized carbons (Fsp3) is 0.923. The van der Waals surface area contributed by atoms with Crippen LogP contribution in [0.15, 0.2) is 0 Å². The monoisotopic (exact) mass is 209 g/mol.